The quantitative estimate of drug-likeness (QED) is 0.846. The molecule has 0 aliphatic carbocycles. The van der Waals surface area contributed by atoms with Gasteiger partial charge in [-0.2, -0.15) is 0 Å². The highest BCUT2D eigenvalue weighted by Crippen LogP contribution is 2.20. The molecule has 1 aromatic heterocycles. The normalized spacial score (nSPS) is 10.8. The predicted octanol–water partition coefficient (Wildman–Crippen LogP) is 2.80. The summed E-state index contributed by atoms with van der Waals surface area (Å²) in [7, 11) is 0. The summed E-state index contributed by atoms with van der Waals surface area (Å²) in [5, 5.41) is 3.26. The van der Waals surface area contributed by atoms with Crippen molar-refractivity contribution < 1.29 is 0 Å². The molecule has 0 aliphatic rings. The molecule has 0 amide bonds. The fraction of sp³-hybridized carbons (Fsp3) is 0.357. The van der Waals surface area contributed by atoms with Crippen molar-refractivity contribution in [1.82, 2.24) is 15.3 Å². The first-order chi connectivity index (χ1) is 8.20. The third-order valence-electron chi connectivity index (χ3n) is 2.99. The fourth-order valence-electron chi connectivity index (χ4n) is 1.75. The van der Waals surface area contributed by atoms with Crippen LogP contribution in [0.3, 0.4) is 0 Å². The van der Waals surface area contributed by atoms with Gasteiger partial charge in [-0.25, -0.2) is 4.98 Å². The Labute approximate surface area is 102 Å². The second-order valence-electron chi connectivity index (χ2n) is 4.32. The van der Waals surface area contributed by atoms with E-state index in [0.29, 0.717) is 0 Å². The largest absolute Gasteiger partial charge is 0.341 e. The van der Waals surface area contributed by atoms with Gasteiger partial charge in [0.2, 0.25) is 0 Å². The number of aryl methyl sites for hydroxylation is 2. The number of hydrogen-bond donors (Lipinski definition) is 2. The zero-order valence-corrected chi connectivity index (χ0v) is 10.7. The van der Waals surface area contributed by atoms with Gasteiger partial charge in [0.15, 0.2) is 0 Å². The Bertz CT molecular complexity index is 500. The summed E-state index contributed by atoms with van der Waals surface area (Å²) in [5.74, 6) is 0.986. The van der Waals surface area contributed by atoms with Crippen LogP contribution in [0.2, 0.25) is 0 Å². The smallest absolute Gasteiger partial charge is 0.120 e. The van der Waals surface area contributed by atoms with Gasteiger partial charge in [0.1, 0.15) is 5.82 Å². The van der Waals surface area contributed by atoms with Gasteiger partial charge in [-0.15, -0.1) is 0 Å². The van der Waals surface area contributed by atoms with E-state index in [-0.39, 0.29) is 0 Å². The summed E-state index contributed by atoms with van der Waals surface area (Å²) in [4.78, 5) is 7.70. The molecular formula is C14H19N3. The third kappa shape index (κ3) is 2.74. The van der Waals surface area contributed by atoms with E-state index in [1.54, 1.807) is 0 Å². The Balaban J connectivity index is 2.21. The Hall–Kier alpha value is -1.61. The van der Waals surface area contributed by atoms with Crippen molar-refractivity contribution in [2.45, 2.75) is 27.3 Å². The number of rotatable bonds is 4. The van der Waals surface area contributed by atoms with Gasteiger partial charge in [0.25, 0.3) is 0 Å². The van der Waals surface area contributed by atoms with E-state index in [1.165, 1.54) is 16.7 Å². The molecule has 2 rings (SSSR count). The molecule has 1 aromatic carbocycles. The molecule has 0 radical (unpaired) electrons. The van der Waals surface area contributed by atoms with Crippen LogP contribution in [0.5, 0.6) is 0 Å². The second-order valence-corrected chi connectivity index (χ2v) is 4.32. The van der Waals surface area contributed by atoms with Gasteiger partial charge in [-0.3, -0.25) is 0 Å². The maximum absolute atomic E-state index is 4.36. The molecule has 2 N–H and O–H groups in total. The van der Waals surface area contributed by atoms with Crippen LogP contribution in [0.15, 0.2) is 24.4 Å². The Morgan fingerprint density at radius 2 is 2.06 bits per heavy atom. The summed E-state index contributed by atoms with van der Waals surface area (Å²) < 4.78 is 0. The summed E-state index contributed by atoms with van der Waals surface area (Å²) in [6.07, 6.45) is 1.90. The minimum atomic E-state index is 0.793. The Morgan fingerprint density at radius 1 is 1.24 bits per heavy atom. The molecule has 0 saturated heterocycles. The number of aromatic amines is 1. The second kappa shape index (κ2) is 5.15. The highest BCUT2D eigenvalue weighted by atomic mass is 15.0. The predicted molar refractivity (Wildman–Crippen MR) is 70.9 cm³/mol. The number of benzene rings is 1. The summed E-state index contributed by atoms with van der Waals surface area (Å²) in [6.45, 7) is 8.10. The molecule has 0 spiro atoms. The SMILES string of the molecule is CCNCc1ncc(-c2ccc(C)c(C)c2)[nH]1. The van der Waals surface area contributed by atoms with Crippen molar-refractivity contribution in [3.63, 3.8) is 0 Å². The van der Waals surface area contributed by atoms with Gasteiger partial charge in [0, 0.05) is 0 Å². The molecule has 0 atom stereocenters. The van der Waals surface area contributed by atoms with Crippen LogP contribution in [0.4, 0.5) is 0 Å². The average Bonchev–Trinajstić information content (AvgIpc) is 2.79. The summed E-state index contributed by atoms with van der Waals surface area (Å²) >= 11 is 0. The highest BCUT2D eigenvalue weighted by molar-refractivity contribution is 5.60. The standard InChI is InChI=1S/C14H19N3/c1-4-15-9-14-16-8-13(17-14)12-6-5-10(2)11(3)7-12/h5-8,15H,4,9H2,1-3H3,(H,16,17). The van der Waals surface area contributed by atoms with E-state index >= 15 is 0 Å². The molecule has 0 unspecified atom stereocenters. The van der Waals surface area contributed by atoms with Gasteiger partial charge in [0.05, 0.1) is 18.4 Å². The molecule has 0 bridgehead atoms. The lowest BCUT2D eigenvalue weighted by Gasteiger charge is -2.03. The molecule has 3 nitrogen and oxygen atoms in total. The molecule has 0 aliphatic heterocycles. The van der Waals surface area contributed by atoms with E-state index in [0.717, 1.165) is 24.6 Å². The maximum Gasteiger partial charge on any atom is 0.120 e. The lowest BCUT2D eigenvalue weighted by Crippen LogP contribution is -2.12. The zero-order chi connectivity index (χ0) is 12.3. The van der Waals surface area contributed by atoms with Crippen LogP contribution in [-0.2, 0) is 6.54 Å². The van der Waals surface area contributed by atoms with E-state index < -0.39 is 0 Å². The van der Waals surface area contributed by atoms with Crippen molar-refractivity contribution in [3.8, 4) is 11.3 Å². The summed E-state index contributed by atoms with van der Waals surface area (Å²) in [5.41, 5.74) is 4.91. The first-order valence-corrected chi connectivity index (χ1v) is 6.03. The van der Waals surface area contributed by atoms with Crippen LogP contribution in [0.1, 0.15) is 23.9 Å². The van der Waals surface area contributed by atoms with Crippen LogP contribution in [-0.4, -0.2) is 16.5 Å². The van der Waals surface area contributed by atoms with E-state index in [9.17, 15) is 0 Å². The molecule has 2 aromatic rings. The first kappa shape index (κ1) is 11.9. The minimum Gasteiger partial charge on any atom is -0.341 e. The van der Waals surface area contributed by atoms with Crippen LogP contribution in [0, 0.1) is 13.8 Å². The summed E-state index contributed by atoms with van der Waals surface area (Å²) in [6, 6.07) is 6.47. The first-order valence-electron chi connectivity index (χ1n) is 6.03. The molecule has 90 valence electrons. The molecule has 1 heterocycles. The fourth-order valence-corrected chi connectivity index (χ4v) is 1.75. The zero-order valence-electron chi connectivity index (χ0n) is 10.7. The van der Waals surface area contributed by atoms with Crippen molar-refractivity contribution in [3.05, 3.63) is 41.3 Å². The molecular weight excluding hydrogens is 210 g/mol. The third-order valence-corrected chi connectivity index (χ3v) is 2.99. The van der Waals surface area contributed by atoms with E-state index in [4.69, 9.17) is 0 Å². The number of imidazole rings is 1. The van der Waals surface area contributed by atoms with Crippen molar-refractivity contribution in [2.24, 2.45) is 0 Å². The Kier molecular flexibility index (Phi) is 3.59. The van der Waals surface area contributed by atoms with Crippen molar-refractivity contribution in [1.29, 1.82) is 0 Å². The van der Waals surface area contributed by atoms with E-state index in [1.807, 2.05) is 6.20 Å². The number of nitrogens with one attached hydrogen (secondary N) is 2. The van der Waals surface area contributed by atoms with E-state index in [2.05, 4.69) is 54.3 Å². The number of nitrogens with zero attached hydrogens (tertiary/aromatic N) is 1. The van der Waals surface area contributed by atoms with Crippen molar-refractivity contribution >= 4 is 0 Å². The van der Waals surface area contributed by atoms with Crippen LogP contribution < -0.4 is 5.32 Å². The van der Waals surface area contributed by atoms with Crippen LogP contribution in [0.25, 0.3) is 11.3 Å². The van der Waals surface area contributed by atoms with Gasteiger partial charge < -0.3 is 10.3 Å². The van der Waals surface area contributed by atoms with Crippen LogP contribution >= 0.6 is 0 Å². The number of aromatic nitrogens is 2. The van der Waals surface area contributed by atoms with Gasteiger partial charge >= 0.3 is 0 Å². The number of hydrogen-bond acceptors (Lipinski definition) is 2. The molecule has 17 heavy (non-hydrogen) atoms. The maximum atomic E-state index is 4.36. The average molecular weight is 229 g/mol. The topological polar surface area (TPSA) is 40.7 Å². The van der Waals surface area contributed by atoms with Gasteiger partial charge in [-0.1, -0.05) is 19.1 Å². The van der Waals surface area contributed by atoms with Crippen molar-refractivity contribution in [2.75, 3.05) is 6.54 Å². The number of H-pyrrole nitrogens is 1. The lowest BCUT2D eigenvalue weighted by atomic mass is 10.1. The monoisotopic (exact) mass is 229 g/mol. The Morgan fingerprint density at radius 3 is 2.76 bits per heavy atom. The molecule has 3 heteroatoms. The molecule has 0 fully saturated rings. The lowest BCUT2D eigenvalue weighted by molar-refractivity contribution is 0.698. The highest BCUT2D eigenvalue weighted by Gasteiger charge is 2.03. The molecule has 0 saturated carbocycles. The minimum absolute atomic E-state index is 0.793. The van der Waals surface area contributed by atoms with Gasteiger partial charge in [-0.05, 0) is 43.1 Å².